The molecular formula is C18H9Cl2F9N2O3. The quantitative estimate of drug-likeness (QED) is 0.342. The number of ether oxygens (including phenoxy) is 1. The number of amides is 3. The van der Waals surface area contributed by atoms with E-state index >= 15 is 0 Å². The van der Waals surface area contributed by atoms with Gasteiger partial charge in [0, 0.05) is 7.05 Å². The predicted molar refractivity (Wildman–Crippen MR) is 100 cm³/mol. The number of anilines is 1. The zero-order valence-electron chi connectivity index (χ0n) is 16.2. The van der Waals surface area contributed by atoms with Crippen LogP contribution in [0.3, 0.4) is 0 Å². The Hall–Kier alpha value is -2.87. The van der Waals surface area contributed by atoms with Crippen LogP contribution in [0.1, 0.15) is 10.4 Å². The number of nitrogens with zero attached hydrogens (tertiary/aromatic N) is 1. The van der Waals surface area contributed by atoms with Gasteiger partial charge in [-0.1, -0.05) is 29.3 Å². The van der Waals surface area contributed by atoms with E-state index < -0.39 is 74.9 Å². The molecule has 0 radical (unpaired) electrons. The van der Waals surface area contributed by atoms with Crippen LogP contribution in [0.25, 0.3) is 0 Å². The molecule has 2 aromatic carbocycles. The van der Waals surface area contributed by atoms with Gasteiger partial charge in [-0.2, -0.15) is 22.0 Å². The highest BCUT2D eigenvalue weighted by molar-refractivity contribution is 6.37. The van der Waals surface area contributed by atoms with Crippen molar-refractivity contribution in [2.75, 3.05) is 12.4 Å². The Morgan fingerprint density at radius 1 is 1.06 bits per heavy atom. The van der Waals surface area contributed by atoms with Crippen LogP contribution < -0.4 is 10.1 Å². The third-order valence-electron chi connectivity index (χ3n) is 3.96. The van der Waals surface area contributed by atoms with Crippen molar-refractivity contribution in [3.05, 3.63) is 57.3 Å². The van der Waals surface area contributed by atoms with E-state index in [0.717, 1.165) is 25.2 Å². The van der Waals surface area contributed by atoms with E-state index in [4.69, 9.17) is 23.2 Å². The monoisotopic (exact) mass is 542 g/mol. The maximum atomic E-state index is 14.5. The first-order valence-corrected chi connectivity index (χ1v) is 9.22. The molecule has 1 atom stereocenters. The van der Waals surface area contributed by atoms with Crippen LogP contribution in [0, 0.1) is 17.5 Å². The molecule has 34 heavy (non-hydrogen) atoms. The second-order valence-electron chi connectivity index (χ2n) is 6.32. The zero-order chi connectivity index (χ0) is 26.2. The molecule has 0 aliphatic rings. The molecule has 0 aliphatic carbocycles. The number of carbonyl (C=O) groups is 2. The fourth-order valence-corrected chi connectivity index (χ4v) is 2.84. The fourth-order valence-electron chi connectivity index (χ4n) is 2.30. The van der Waals surface area contributed by atoms with Crippen LogP contribution in [-0.4, -0.2) is 42.3 Å². The number of carbonyl (C=O) groups excluding carboxylic acids is 2. The van der Waals surface area contributed by atoms with Gasteiger partial charge in [-0.05, 0) is 18.2 Å². The molecule has 0 saturated carbocycles. The molecule has 0 aromatic heterocycles. The van der Waals surface area contributed by atoms with E-state index in [1.165, 1.54) is 0 Å². The fraction of sp³-hybridized carbons (Fsp3) is 0.222. The Morgan fingerprint density at radius 2 is 1.59 bits per heavy atom. The van der Waals surface area contributed by atoms with Gasteiger partial charge < -0.3 is 10.1 Å². The Labute approximate surface area is 194 Å². The van der Waals surface area contributed by atoms with Crippen LogP contribution in [-0.2, 0) is 0 Å². The highest BCUT2D eigenvalue weighted by atomic mass is 35.5. The van der Waals surface area contributed by atoms with Crippen LogP contribution >= 0.6 is 23.2 Å². The van der Waals surface area contributed by atoms with E-state index in [1.807, 2.05) is 0 Å². The Morgan fingerprint density at radius 3 is 2.09 bits per heavy atom. The number of alkyl halides is 6. The second-order valence-corrected chi connectivity index (χ2v) is 7.11. The number of nitrogens with one attached hydrogen (secondary N) is 1. The van der Waals surface area contributed by atoms with Gasteiger partial charge in [0.2, 0.25) is 0 Å². The largest absolute Gasteiger partial charge is 0.439 e. The molecule has 0 spiro atoms. The molecule has 0 fully saturated rings. The number of rotatable bonds is 5. The molecule has 186 valence electrons. The molecule has 1 N–H and O–H groups in total. The lowest BCUT2D eigenvalue weighted by atomic mass is 10.2. The third-order valence-corrected chi connectivity index (χ3v) is 4.58. The van der Waals surface area contributed by atoms with E-state index in [-0.39, 0.29) is 4.90 Å². The van der Waals surface area contributed by atoms with Gasteiger partial charge in [0.05, 0.1) is 10.7 Å². The molecule has 0 bridgehead atoms. The molecule has 0 heterocycles. The first kappa shape index (κ1) is 27.4. The Balaban J connectivity index is 2.31. The van der Waals surface area contributed by atoms with Crippen molar-refractivity contribution in [3.63, 3.8) is 0 Å². The van der Waals surface area contributed by atoms with Crippen LogP contribution in [0.2, 0.25) is 10.0 Å². The molecule has 2 rings (SSSR count). The minimum Gasteiger partial charge on any atom is -0.427 e. The van der Waals surface area contributed by atoms with Crippen LogP contribution in [0.5, 0.6) is 5.75 Å². The summed E-state index contributed by atoms with van der Waals surface area (Å²) in [6.07, 6.45) is -16.4. The standard InChI is InChI=1S/C18H9Cl2F9N2O3/c1-31(14(32)10-7(21)3-2-4-8(10)22)16(33)30-9-5-6(19)13(11(20)12(9)23)34-18(28,29)15(24)17(25,26)27/h2-5,15H,1H3,(H,30,33). The third kappa shape index (κ3) is 5.60. The minimum absolute atomic E-state index is 0.109. The van der Waals surface area contributed by atoms with Crippen molar-refractivity contribution < 1.29 is 53.8 Å². The maximum Gasteiger partial charge on any atom is 0.439 e. The van der Waals surface area contributed by atoms with Crippen LogP contribution in [0.15, 0.2) is 24.3 Å². The average Bonchev–Trinajstić information content (AvgIpc) is 2.72. The van der Waals surface area contributed by atoms with Gasteiger partial charge in [-0.15, -0.1) is 0 Å². The highest BCUT2D eigenvalue weighted by Crippen LogP contribution is 2.44. The number of hydrogen-bond donors (Lipinski definition) is 1. The van der Waals surface area contributed by atoms with E-state index in [0.29, 0.717) is 6.07 Å². The average molecular weight is 543 g/mol. The molecule has 0 aliphatic heterocycles. The summed E-state index contributed by atoms with van der Waals surface area (Å²) in [6.45, 7) is 0. The number of halogens is 11. The van der Waals surface area contributed by atoms with Crippen molar-refractivity contribution in [1.82, 2.24) is 4.90 Å². The second kappa shape index (κ2) is 9.78. The normalized spacial score (nSPS) is 12.8. The maximum absolute atomic E-state index is 14.5. The van der Waals surface area contributed by atoms with Gasteiger partial charge in [-0.3, -0.25) is 9.69 Å². The Bertz CT molecular complexity index is 1110. The van der Waals surface area contributed by atoms with Gasteiger partial charge in [-0.25, -0.2) is 22.4 Å². The summed E-state index contributed by atoms with van der Waals surface area (Å²) in [4.78, 5) is 24.5. The molecule has 5 nitrogen and oxygen atoms in total. The summed E-state index contributed by atoms with van der Waals surface area (Å²) >= 11 is 11.0. The SMILES string of the molecule is CN(C(=O)Nc1cc(Cl)c(OC(F)(F)C(F)C(F)(F)F)c(Cl)c1F)C(=O)c1c(F)cccc1F. The number of hydrogen-bond acceptors (Lipinski definition) is 3. The first-order valence-electron chi connectivity index (χ1n) is 8.47. The number of imide groups is 1. The number of urea groups is 1. The van der Waals surface area contributed by atoms with E-state index in [2.05, 4.69) is 4.74 Å². The van der Waals surface area contributed by atoms with Crippen molar-refractivity contribution in [2.45, 2.75) is 18.5 Å². The summed E-state index contributed by atoms with van der Waals surface area (Å²) in [6, 6.07) is 1.20. The lowest BCUT2D eigenvalue weighted by Gasteiger charge is -2.24. The molecule has 1 unspecified atom stereocenters. The molecule has 16 heteroatoms. The van der Waals surface area contributed by atoms with Crippen LogP contribution in [0.4, 0.5) is 50.0 Å². The lowest BCUT2D eigenvalue weighted by molar-refractivity contribution is -0.304. The number of benzene rings is 2. The zero-order valence-corrected chi connectivity index (χ0v) is 17.7. The van der Waals surface area contributed by atoms with Crippen molar-refractivity contribution in [3.8, 4) is 5.75 Å². The highest BCUT2D eigenvalue weighted by Gasteiger charge is 2.59. The van der Waals surface area contributed by atoms with Crippen molar-refractivity contribution in [2.24, 2.45) is 0 Å². The molecule has 0 saturated heterocycles. The summed E-state index contributed by atoms with van der Waals surface area (Å²) in [5.74, 6) is -7.53. The van der Waals surface area contributed by atoms with Crippen molar-refractivity contribution in [1.29, 1.82) is 0 Å². The molecule has 2 aromatic rings. The lowest BCUT2D eigenvalue weighted by Crippen LogP contribution is -2.45. The van der Waals surface area contributed by atoms with Crippen molar-refractivity contribution >= 4 is 40.8 Å². The van der Waals surface area contributed by atoms with Gasteiger partial charge >= 0.3 is 18.3 Å². The van der Waals surface area contributed by atoms with E-state index in [9.17, 15) is 49.1 Å². The minimum atomic E-state index is -6.05. The summed E-state index contributed by atoms with van der Waals surface area (Å²) in [7, 11) is 0.737. The molecule has 3 amide bonds. The Kier molecular flexibility index (Phi) is 7.87. The first-order chi connectivity index (χ1) is 15.5. The molecular weight excluding hydrogens is 534 g/mol. The van der Waals surface area contributed by atoms with Gasteiger partial charge in [0.25, 0.3) is 12.1 Å². The smallest absolute Gasteiger partial charge is 0.427 e. The summed E-state index contributed by atoms with van der Waals surface area (Å²) in [5.41, 5.74) is -2.13. The van der Waals surface area contributed by atoms with E-state index in [1.54, 1.807) is 5.32 Å². The summed E-state index contributed by atoms with van der Waals surface area (Å²) < 4.78 is 122. The van der Waals surface area contributed by atoms with Gasteiger partial charge in [0.1, 0.15) is 22.2 Å². The topological polar surface area (TPSA) is 58.6 Å². The predicted octanol–water partition coefficient (Wildman–Crippen LogP) is 6.59. The summed E-state index contributed by atoms with van der Waals surface area (Å²) in [5, 5.41) is -0.875. The van der Waals surface area contributed by atoms with Gasteiger partial charge in [0.15, 0.2) is 11.6 Å².